The van der Waals surface area contributed by atoms with Crippen LogP contribution >= 0.6 is 15.9 Å². The molecule has 0 bridgehead atoms. The monoisotopic (exact) mass is 336 g/mol. The molecule has 0 radical (unpaired) electrons. The summed E-state index contributed by atoms with van der Waals surface area (Å²) in [6, 6.07) is 3.63. The van der Waals surface area contributed by atoms with Crippen LogP contribution in [0.4, 0.5) is 0 Å². The summed E-state index contributed by atoms with van der Waals surface area (Å²) < 4.78 is 6.14. The molecule has 0 atom stereocenters. The number of nitrogens with one attached hydrogen (secondary N) is 1. The number of carbonyl (C=O) groups is 1. The molecule has 1 saturated carbocycles. The van der Waals surface area contributed by atoms with Gasteiger partial charge in [0.2, 0.25) is 11.8 Å². The Kier molecular flexibility index (Phi) is 3.52. The Morgan fingerprint density at radius 2 is 2.25 bits per heavy atom. The molecule has 104 valence electrons. The zero-order valence-electron chi connectivity index (χ0n) is 10.9. The third-order valence-corrected chi connectivity index (χ3v) is 3.65. The van der Waals surface area contributed by atoms with Crippen LogP contribution in [0.1, 0.15) is 46.7 Å². The van der Waals surface area contributed by atoms with Gasteiger partial charge in [-0.25, -0.2) is 4.98 Å². The molecular weight excluding hydrogens is 324 g/mol. The van der Waals surface area contributed by atoms with E-state index in [2.05, 4.69) is 36.4 Å². The number of amides is 1. The molecular formula is C13H13BrN4O2. The first-order chi connectivity index (χ1) is 9.63. The van der Waals surface area contributed by atoms with E-state index < -0.39 is 0 Å². The highest BCUT2D eigenvalue weighted by molar-refractivity contribution is 9.10. The second-order valence-electron chi connectivity index (χ2n) is 4.77. The number of carbonyl (C=O) groups excluding carboxylic acids is 1. The summed E-state index contributed by atoms with van der Waals surface area (Å²) in [4.78, 5) is 16.3. The largest absolute Gasteiger partial charge is 0.423 e. The van der Waals surface area contributed by atoms with Crippen molar-refractivity contribution in [2.75, 3.05) is 0 Å². The summed E-state index contributed by atoms with van der Waals surface area (Å²) in [5.74, 6) is 1.24. The van der Waals surface area contributed by atoms with Crippen molar-refractivity contribution in [3.05, 3.63) is 39.8 Å². The third-order valence-electron chi connectivity index (χ3n) is 3.01. The lowest BCUT2D eigenvalue weighted by Crippen LogP contribution is -2.24. The normalized spacial score (nSPS) is 14.3. The van der Waals surface area contributed by atoms with Crippen LogP contribution < -0.4 is 5.32 Å². The minimum absolute atomic E-state index is 0.209. The summed E-state index contributed by atoms with van der Waals surface area (Å²) in [5.41, 5.74) is 1.14. The first kappa shape index (κ1) is 13.2. The van der Waals surface area contributed by atoms with E-state index in [0.717, 1.165) is 18.5 Å². The molecule has 0 unspecified atom stereocenters. The van der Waals surface area contributed by atoms with E-state index in [1.807, 2.05) is 13.0 Å². The van der Waals surface area contributed by atoms with Gasteiger partial charge in [0.25, 0.3) is 5.91 Å². The van der Waals surface area contributed by atoms with Crippen molar-refractivity contribution in [2.24, 2.45) is 0 Å². The standard InChI is InChI=1S/C13H13BrN4O2/c1-7-2-5-9(14)11(16-7)12(19)15-6-10-17-18-13(20-10)8-3-4-8/h2,5,8H,3-4,6H2,1H3,(H,15,19). The van der Waals surface area contributed by atoms with Gasteiger partial charge in [-0.3, -0.25) is 4.79 Å². The van der Waals surface area contributed by atoms with Gasteiger partial charge < -0.3 is 9.73 Å². The molecule has 0 aliphatic heterocycles. The van der Waals surface area contributed by atoms with Crippen LogP contribution in [-0.2, 0) is 6.54 Å². The Morgan fingerprint density at radius 1 is 1.45 bits per heavy atom. The van der Waals surface area contributed by atoms with Crippen molar-refractivity contribution in [2.45, 2.75) is 32.2 Å². The van der Waals surface area contributed by atoms with Gasteiger partial charge in [-0.15, -0.1) is 10.2 Å². The minimum Gasteiger partial charge on any atom is -0.423 e. The highest BCUT2D eigenvalue weighted by Crippen LogP contribution is 2.38. The lowest BCUT2D eigenvalue weighted by atomic mass is 10.3. The Morgan fingerprint density at radius 3 is 3.00 bits per heavy atom. The van der Waals surface area contributed by atoms with E-state index in [-0.39, 0.29) is 12.5 Å². The van der Waals surface area contributed by atoms with Crippen molar-refractivity contribution in [3.63, 3.8) is 0 Å². The topological polar surface area (TPSA) is 80.9 Å². The van der Waals surface area contributed by atoms with Gasteiger partial charge in [0.05, 0.1) is 6.54 Å². The van der Waals surface area contributed by atoms with Crippen molar-refractivity contribution in [1.29, 1.82) is 0 Å². The summed E-state index contributed by atoms with van der Waals surface area (Å²) in [7, 11) is 0. The Balaban J connectivity index is 1.64. The molecule has 2 heterocycles. The fourth-order valence-electron chi connectivity index (χ4n) is 1.77. The molecule has 1 aliphatic carbocycles. The maximum Gasteiger partial charge on any atom is 0.271 e. The van der Waals surface area contributed by atoms with E-state index in [9.17, 15) is 4.79 Å². The molecule has 7 heteroatoms. The summed E-state index contributed by atoms with van der Waals surface area (Å²) >= 11 is 3.31. The third kappa shape index (κ3) is 2.87. The molecule has 20 heavy (non-hydrogen) atoms. The predicted octanol–water partition coefficient (Wildman–Crippen LogP) is 2.34. The fourth-order valence-corrected chi connectivity index (χ4v) is 2.17. The highest BCUT2D eigenvalue weighted by Gasteiger charge is 2.29. The minimum atomic E-state index is -0.272. The van der Waals surface area contributed by atoms with Crippen LogP contribution in [0.2, 0.25) is 0 Å². The molecule has 2 aromatic rings. The maximum absolute atomic E-state index is 12.1. The van der Waals surface area contributed by atoms with Gasteiger partial charge in [-0.1, -0.05) is 0 Å². The van der Waals surface area contributed by atoms with Crippen LogP contribution in [-0.4, -0.2) is 21.1 Å². The number of rotatable bonds is 4. The first-order valence-electron chi connectivity index (χ1n) is 6.37. The van der Waals surface area contributed by atoms with E-state index in [0.29, 0.717) is 27.9 Å². The smallest absolute Gasteiger partial charge is 0.271 e. The summed E-state index contributed by atoms with van der Waals surface area (Å²) in [6.07, 6.45) is 2.21. The molecule has 0 saturated heterocycles. The van der Waals surface area contributed by atoms with Crippen LogP contribution in [0.25, 0.3) is 0 Å². The van der Waals surface area contributed by atoms with Gasteiger partial charge in [0.15, 0.2) is 0 Å². The quantitative estimate of drug-likeness (QED) is 0.926. The van der Waals surface area contributed by atoms with Crippen LogP contribution in [0, 0.1) is 6.92 Å². The molecule has 1 amide bonds. The summed E-state index contributed by atoms with van der Waals surface area (Å²) in [6.45, 7) is 2.05. The second kappa shape index (κ2) is 5.32. The zero-order chi connectivity index (χ0) is 14.1. The molecule has 0 aromatic carbocycles. The van der Waals surface area contributed by atoms with E-state index in [4.69, 9.17) is 4.42 Å². The highest BCUT2D eigenvalue weighted by atomic mass is 79.9. The number of nitrogens with zero attached hydrogens (tertiary/aromatic N) is 3. The van der Waals surface area contributed by atoms with Gasteiger partial charge in [0, 0.05) is 16.1 Å². The van der Waals surface area contributed by atoms with Crippen molar-refractivity contribution in [3.8, 4) is 0 Å². The average Bonchev–Trinajstić information content (AvgIpc) is 3.18. The lowest BCUT2D eigenvalue weighted by molar-refractivity contribution is 0.0941. The number of aromatic nitrogens is 3. The molecule has 1 fully saturated rings. The Hall–Kier alpha value is -1.76. The average molecular weight is 337 g/mol. The molecule has 6 nitrogen and oxygen atoms in total. The predicted molar refractivity (Wildman–Crippen MR) is 74.1 cm³/mol. The lowest BCUT2D eigenvalue weighted by Gasteiger charge is -2.04. The Labute approximate surface area is 124 Å². The van der Waals surface area contributed by atoms with Crippen molar-refractivity contribution >= 4 is 21.8 Å². The number of aryl methyl sites for hydroxylation is 1. The Bertz CT molecular complexity index is 652. The van der Waals surface area contributed by atoms with Crippen molar-refractivity contribution in [1.82, 2.24) is 20.5 Å². The van der Waals surface area contributed by atoms with Gasteiger partial charge in [-0.2, -0.15) is 0 Å². The van der Waals surface area contributed by atoms with E-state index in [1.54, 1.807) is 6.07 Å². The van der Waals surface area contributed by atoms with Crippen LogP contribution in [0.15, 0.2) is 21.0 Å². The maximum atomic E-state index is 12.1. The SMILES string of the molecule is Cc1ccc(Br)c(C(=O)NCc2nnc(C3CC3)o2)n1. The molecule has 1 N–H and O–H groups in total. The van der Waals surface area contributed by atoms with Gasteiger partial charge in [-0.05, 0) is 47.8 Å². The molecule has 3 rings (SSSR count). The van der Waals surface area contributed by atoms with E-state index in [1.165, 1.54) is 0 Å². The second-order valence-corrected chi connectivity index (χ2v) is 5.63. The zero-order valence-corrected chi connectivity index (χ0v) is 12.5. The number of halogens is 1. The number of pyridine rings is 1. The molecule has 1 aliphatic rings. The fraction of sp³-hybridized carbons (Fsp3) is 0.385. The van der Waals surface area contributed by atoms with Crippen LogP contribution in [0.5, 0.6) is 0 Å². The van der Waals surface area contributed by atoms with E-state index >= 15 is 0 Å². The van der Waals surface area contributed by atoms with Crippen LogP contribution in [0.3, 0.4) is 0 Å². The summed E-state index contributed by atoms with van der Waals surface area (Å²) in [5, 5.41) is 10.6. The molecule has 2 aromatic heterocycles. The number of hydrogen-bond acceptors (Lipinski definition) is 5. The first-order valence-corrected chi connectivity index (χ1v) is 7.16. The van der Waals surface area contributed by atoms with Crippen molar-refractivity contribution < 1.29 is 9.21 Å². The molecule has 0 spiro atoms. The van der Waals surface area contributed by atoms with Gasteiger partial charge >= 0.3 is 0 Å². The van der Waals surface area contributed by atoms with Gasteiger partial charge in [0.1, 0.15) is 5.69 Å². The number of hydrogen-bond donors (Lipinski definition) is 1.